The SMILES string of the molecule is Cc1ccc(N2CC(CNc3ccnc(C4CCC4)n3)C2)nn1. The Bertz CT molecular complexity index is 661. The van der Waals surface area contributed by atoms with Crippen molar-refractivity contribution in [1.29, 1.82) is 0 Å². The minimum absolute atomic E-state index is 0.580. The summed E-state index contributed by atoms with van der Waals surface area (Å²) < 4.78 is 0. The van der Waals surface area contributed by atoms with Gasteiger partial charge in [-0.2, -0.15) is 5.10 Å². The first kappa shape index (κ1) is 14.4. The van der Waals surface area contributed by atoms with Crippen molar-refractivity contribution in [1.82, 2.24) is 20.2 Å². The first-order chi connectivity index (χ1) is 11.3. The highest BCUT2D eigenvalue weighted by Crippen LogP contribution is 2.34. The number of hydrogen-bond donors (Lipinski definition) is 1. The van der Waals surface area contributed by atoms with Crippen LogP contribution in [0.2, 0.25) is 0 Å². The van der Waals surface area contributed by atoms with Crippen molar-refractivity contribution in [2.45, 2.75) is 32.1 Å². The van der Waals surface area contributed by atoms with Crippen molar-refractivity contribution in [3.8, 4) is 0 Å². The van der Waals surface area contributed by atoms with Gasteiger partial charge in [0.05, 0.1) is 5.69 Å². The van der Waals surface area contributed by atoms with E-state index < -0.39 is 0 Å². The van der Waals surface area contributed by atoms with Gasteiger partial charge in [-0.15, -0.1) is 5.10 Å². The molecule has 1 aliphatic carbocycles. The summed E-state index contributed by atoms with van der Waals surface area (Å²) in [5, 5.41) is 11.8. The Labute approximate surface area is 136 Å². The van der Waals surface area contributed by atoms with Crippen molar-refractivity contribution >= 4 is 11.6 Å². The normalized spacial score (nSPS) is 18.4. The third-order valence-corrected chi connectivity index (χ3v) is 4.78. The summed E-state index contributed by atoms with van der Waals surface area (Å²) in [6.07, 6.45) is 5.65. The molecule has 6 nitrogen and oxygen atoms in total. The van der Waals surface area contributed by atoms with Crippen LogP contribution in [0.25, 0.3) is 0 Å². The maximum absolute atomic E-state index is 4.65. The number of aryl methyl sites for hydroxylation is 1. The fourth-order valence-corrected chi connectivity index (χ4v) is 3.03. The molecular formula is C17H22N6. The van der Waals surface area contributed by atoms with Gasteiger partial charge in [0.2, 0.25) is 0 Å². The van der Waals surface area contributed by atoms with Gasteiger partial charge in [-0.05, 0) is 38.0 Å². The molecule has 1 aliphatic heterocycles. The molecule has 2 aliphatic rings. The maximum Gasteiger partial charge on any atom is 0.151 e. The summed E-state index contributed by atoms with van der Waals surface area (Å²) in [6.45, 7) is 4.94. The lowest BCUT2D eigenvalue weighted by Crippen LogP contribution is -2.50. The summed E-state index contributed by atoms with van der Waals surface area (Å²) in [7, 11) is 0. The van der Waals surface area contributed by atoms with Crippen LogP contribution < -0.4 is 10.2 Å². The van der Waals surface area contributed by atoms with E-state index in [1.54, 1.807) is 0 Å². The van der Waals surface area contributed by atoms with E-state index in [4.69, 9.17) is 0 Å². The van der Waals surface area contributed by atoms with Crippen molar-refractivity contribution in [3.05, 3.63) is 35.9 Å². The highest BCUT2D eigenvalue weighted by molar-refractivity contribution is 5.41. The van der Waals surface area contributed by atoms with Gasteiger partial charge in [0, 0.05) is 37.7 Å². The van der Waals surface area contributed by atoms with Crippen molar-refractivity contribution in [2.24, 2.45) is 5.92 Å². The van der Waals surface area contributed by atoms with Crippen LogP contribution in [-0.4, -0.2) is 39.8 Å². The Morgan fingerprint density at radius 3 is 2.74 bits per heavy atom. The van der Waals surface area contributed by atoms with Gasteiger partial charge in [-0.25, -0.2) is 9.97 Å². The van der Waals surface area contributed by atoms with Crippen molar-refractivity contribution in [3.63, 3.8) is 0 Å². The van der Waals surface area contributed by atoms with Crippen LogP contribution in [0.5, 0.6) is 0 Å². The van der Waals surface area contributed by atoms with E-state index in [-0.39, 0.29) is 0 Å². The molecule has 2 aromatic heterocycles. The topological polar surface area (TPSA) is 66.8 Å². The first-order valence-electron chi connectivity index (χ1n) is 8.40. The van der Waals surface area contributed by atoms with Crippen LogP contribution in [0.15, 0.2) is 24.4 Å². The highest BCUT2D eigenvalue weighted by atomic mass is 15.3. The molecule has 0 atom stereocenters. The van der Waals surface area contributed by atoms with Gasteiger partial charge >= 0.3 is 0 Å². The third kappa shape index (κ3) is 3.11. The molecule has 0 unspecified atom stereocenters. The van der Waals surface area contributed by atoms with E-state index >= 15 is 0 Å². The molecule has 4 rings (SSSR count). The molecule has 0 radical (unpaired) electrons. The van der Waals surface area contributed by atoms with Crippen LogP contribution in [0.3, 0.4) is 0 Å². The summed E-state index contributed by atoms with van der Waals surface area (Å²) >= 11 is 0. The smallest absolute Gasteiger partial charge is 0.151 e. The summed E-state index contributed by atoms with van der Waals surface area (Å²) in [5.41, 5.74) is 0.957. The molecular weight excluding hydrogens is 288 g/mol. The third-order valence-electron chi connectivity index (χ3n) is 4.78. The van der Waals surface area contributed by atoms with E-state index in [1.165, 1.54) is 19.3 Å². The van der Waals surface area contributed by atoms with Crippen LogP contribution in [0, 0.1) is 12.8 Å². The zero-order chi connectivity index (χ0) is 15.6. The fourth-order valence-electron chi connectivity index (χ4n) is 3.03. The largest absolute Gasteiger partial charge is 0.370 e. The molecule has 1 saturated heterocycles. The molecule has 2 fully saturated rings. The molecule has 1 saturated carbocycles. The van der Waals surface area contributed by atoms with Crippen molar-refractivity contribution < 1.29 is 0 Å². The second kappa shape index (κ2) is 6.10. The first-order valence-corrected chi connectivity index (χ1v) is 8.40. The molecule has 0 amide bonds. The van der Waals surface area contributed by atoms with Gasteiger partial charge in [-0.1, -0.05) is 6.42 Å². The zero-order valence-corrected chi connectivity index (χ0v) is 13.4. The molecule has 120 valence electrons. The second-order valence-electron chi connectivity index (χ2n) is 6.61. The Morgan fingerprint density at radius 2 is 2.04 bits per heavy atom. The van der Waals surface area contributed by atoms with Crippen LogP contribution in [-0.2, 0) is 0 Å². The molecule has 3 heterocycles. The van der Waals surface area contributed by atoms with E-state index in [0.29, 0.717) is 11.8 Å². The maximum atomic E-state index is 4.65. The highest BCUT2D eigenvalue weighted by Gasteiger charge is 2.28. The van der Waals surface area contributed by atoms with Crippen LogP contribution in [0.4, 0.5) is 11.6 Å². The number of rotatable bonds is 5. The average Bonchev–Trinajstić information content (AvgIpc) is 2.46. The number of nitrogens with zero attached hydrogens (tertiary/aromatic N) is 5. The quantitative estimate of drug-likeness (QED) is 0.914. The molecule has 1 N–H and O–H groups in total. The zero-order valence-electron chi connectivity index (χ0n) is 13.4. The molecule has 0 spiro atoms. The number of aromatic nitrogens is 4. The van der Waals surface area contributed by atoms with Crippen molar-refractivity contribution in [2.75, 3.05) is 29.9 Å². The standard InChI is InChI=1S/C17H22N6/c1-12-5-6-16(22-21-12)23-10-13(11-23)9-19-15-7-8-18-17(20-15)14-3-2-4-14/h5-8,13-14H,2-4,9-11H2,1H3,(H,18,19,20). The van der Waals surface area contributed by atoms with E-state index in [9.17, 15) is 0 Å². The average molecular weight is 310 g/mol. The fraction of sp³-hybridized carbons (Fsp3) is 0.529. The second-order valence-corrected chi connectivity index (χ2v) is 6.61. The Morgan fingerprint density at radius 1 is 1.17 bits per heavy atom. The lowest BCUT2D eigenvalue weighted by atomic mass is 9.85. The van der Waals surface area contributed by atoms with Gasteiger partial charge in [0.1, 0.15) is 11.6 Å². The van der Waals surface area contributed by atoms with E-state index in [0.717, 1.165) is 42.8 Å². The lowest BCUT2D eigenvalue weighted by Gasteiger charge is -2.40. The Kier molecular flexibility index (Phi) is 3.81. The summed E-state index contributed by atoms with van der Waals surface area (Å²) in [6, 6.07) is 6.02. The molecule has 2 aromatic rings. The number of nitrogens with one attached hydrogen (secondary N) is 1. The van der Waals surface area contributed by atoms with E-state index in [1.807, 2.05) is 31.3 Å². The summed E-state index contributed by atoms with van der Waals surface area (Å²) in [5.74, 6) is 4.14. The minimum atomic E-state index is 0.580. The molecule has 23 heavy (non-hydrogen) atoms. The lowest BCUT2D eigenvalue weighted by molar-refractivity contribution is 0.401. The molecule has 0 aromatic carbocycles. The predicted molar refractivity (Wildman–Crippen MR) is 89.6 cm³/mol. The molecule has 0 bridgehead atoms. The summed E-state index contributed by atoms with van der Waals surface area (Å²) in [4.78, 5) is 11.3. The van der Waals surface area contributed by atoms with E-state index in [2.05, 4.69) is 30.4 Å². The Balaban J connectivity index is 1.27. The van der Waals surface area contributed by atoms with Gasteiger partial charge in [0.15, 0.2) is 5.82 Å². The van der Waals surface area contributed by atoms with Gasteiger partial charge in [-0.3, -0.25) is 0 Å². The number of anilines is 2. The van der Waals surface area contributed by atoms with Gasteiger partial charge in [0.25, 0.3) is 0 Å². The minimum Gasteiger partial charge on any atom is -0.370 e. The monoisotopic (exact) mass is 310 g/mol. The Hall–Kier alpha value is -2.24. The number of hydrogen-bond acceptors (Lipinski definition) is 6. The molecule has 6 heteroatoms. The van der Waals surface area contributed by atoms with Gasteiger partial charge < -0.3 is 10.2 Å². The van der Waals surface area contributed by atoms with Crippen LogP contribution in [0.1, 0.15) is 36.7 Å². The van der Waals surface area contributed by atoms with Crippen LogP contribution >= 0.6 is 0 Å². The predicted octanol–water partition coefficient (Wildman–Crippen LogP) is 2.39.